The summed E-state index contributed by atoms with van der Waals surface area (Å²) >= 11 is 0. The monoisotopic (exact) mass is 261 g/mol. The molecule has 0 saturated heterocycles. The third kappa shape index (κ3) is 3.04. The second-order valence-corrected chi connectivity index (χ2v) is 5.73. The molecule has 0 aliphatic rings. The lowest BCUT2D eigenvalue weighted by molar-refractivity contribution is -0.142. The summed E-state index contributed by atoms with van der Waals surface area (Å²) in [4.78, 5) is 17.3. The molecule has 7 nitrogen and oxygen atoms in total. The number of hydrogen-bond acceptors (Lipinski definition) is 4. The zero-order valence-electron chi connectivity index (χ0n) is 9.81. The van der Waals surface area contributed by atoms with Gasteiger partial charge in [-0.15, -0.1) is 0 Å². The smallest absolute Gasteiger partial charge is 0.324 e. The number of carboxylic acid groups (broad SMARTS) is 1. The summed E-state index contributed by atoms with van der Waals surface area (Å²) in [7, 11) is -3.90. The van der Waals surface area contributed by atoms with E-state index in [1.807, 2.05) is 6.92 Å². The Hall–Kier alpha value is -1.41. The standard InChI is InChI=1S/C9H15N3O4S/c1-4-6-10-5-7(11-6)17(15,16)12-9(2,3)8(13)14/h5,12H,4H2,1-3H3,(H,10,11)(H,13,14). The second-order valence-electron chi connectivity index (χ2n) is 4.08. The predicted octanol–water partition coefficient (Wildman–Crippen LogP) is 0.114. The van der Waals surface area contributed by atoms with E-state index >= 15 is 0 Å². The van der Waals surface area contributed by atoms with Crippen LogP contribution in [0, 0.1) is 0 Å². The zero-order valence-corrected chi connectivity index (χ0v) is 10.6. The molecule has 0 spiro atoms. The Labute approximate surface area is 99.3 Å². The minimum Gasteiger partial charge on any atom is -0.480 e. The van der Waals surface area contributed by atoms with Gasteiger partial charge in [-0.1, -0.05) is 6.92 Å². The first kappa shape index (κ1) is 13.7. The van der Waals surface area contributed by atoms with Crippen LogP contribution in [0.25, 0.3) is 0 Å². The molecular weight excluding hydrogens is 246 g/mol. The molecule has 0 fully saturated rings. The van der Waals surface area contributed by atoms with E-state index in [4.69, 9.17) is 5.11 Å². The van der Waals surface area contributed by atoms with Gasteiger partial charge in [0, 0.05) is 6.42 Å². The maximum atomic E-state index is 11.8. The number of carboxylic acids is 1. The molecule has 3 N–H and O–H groups in total. The molecule has 0 unspecified atom stereocenters. The highest BCUT2D eigenvalue weighted by atomic mass is 32.2. The number of nitrogens with one attached hydrogen (secondary N) is 2. The topological polar surface area (TPSA) is 112 Å². The van der Waals surface area contributed by atoms with Gasteiger partial charge in [-0.05, 0) is 13.8 Å². The van der Waals surface area contributed by atoms with E-state index in [1.165, 1.54) is 20.0 Å². The van der Waals surface area contributed by atoms with Gasteiger partial charge in [0.2, 0.25) is 0 Å². The van der Waals surface area contributed by atoms with Crippen LogP contribution in [-0.4, -0.2) is 35.0 Å². The number of aromatic amines is 1. The van der Waals surface area contributed by atoms with Crippen molar-refractivity contribution >= 4 is 16.0 Å². The average molecular weight is 261 g/mol. The first-order valence-electron chi connectivity index (χ1n) is 5.00. The fraction of sp³-hybridized carbons (Fsp3) is 0.556. The van der Waals surface area contributed by atoms with E-state index in [1.54, 1.807) is 0 Å². The molecule has 8 heteroatoms. The maximum absolute atomic E-state index is 11.8. The first-order chi connectivity index (χ1) is 7.69. The van der Waals surface area contributed by atoms with Crippen molar-refractivity contribution in [3.8, 4) is 0 Å². The lowest BCUT2D eigenvalue weighted by Crippen LogP contribution is -2.49. The van der Waals surface area contributed by atoms with Crippen LogP contribution in [0.5, 0.6) is 0 Å². The number of sulfonamides is 1. The van der Waals surface area contributed by atoms with E-state index in [2.05, 4.69) is 14.7 Å². The fourth-order valence-corrected chi connectivity index (χ4v) is 2.41. The van der Waals surface area contributed by atoms with Crippen molar-refractivity contribution in [3.05, 3.63) is 12.0 Å². The van der Waals surface area contributed by atoms with Crippen LogP contribution in [0.15, 0.2) is 11.2 Å². The quantitative estimate of drug-likeness (QED) is 0.696. The van der Waals surface area contributed by atoms with Gasteiger partial charge in [0.1, 0.15) is 11.4 Å². The Morgan fingerprint density at radius 2 is 2.18 bits per heavy atom. The number of hydrogen-bond donors (Lipinski definition) is 3. The summed E-state index contributed by atoms with van der Waals surface area (Å²) in [5.41, 5.74) is -1.57. The van der Waals surface area contributed by atoms with Crippen LogP contribution >= 0.6 is 0 Å². The molecule has 1 rings (SSSR count). The molecule has 0 aliphatic carbocycles. The molecule has 0 radical (unpaired) electrons. The van der Waals surface area contributed by atoms with E-state index in [0.29, 0.717) is 12.2 Å². The zero-order chi connectivity index (χ0) is 13.3. The molecule has 1 aromatic heterocycles. The van der Waals surface area contributed by atoms with Crippen LogP contribution in [0.1, 0.15) is 26.6 Å². The van der Waals surface area contributed by atoms with Gasteiger partial charge in [-0.25, -0.2) is 13.4 Å². The van der Waals surface area contributed by atoms with Crippen LogP contribution in [0.2, 0.25) is 0 Å². The molecule has 0 atom stereocenters. The number of aromatic nitrogens is 2. The Morgan fingerprint density at radius 3 is 2.59 bits per heavy atom. The maximum Gasteiger partial charge on any atom is 0.324 e. The van der Waals surface area contributed by atoms with Gasteiger partial charge in [-0.3, -0.25) is 4.79 Å². The van der Waals surface area contributed by atoms with Gasteiger partial charge < -0.3 is 10.1 Å². The normalized spacial score (nSPS) is 12.6. The molecule has 17 heavy (non-hydrogen) atoms. The Morgan fingerprint density at radius 1 is 1.59 bits per heavy atom. The fourth-order valence-electron chi connectivity index (χ4n) is 1.09. The van der Waals surface area contributed by atoms with Gasteiger partial charge in [0.15, 0.2) is 5.03 Å². The lowest BCUT2D eigenvalue weighted by Gasteiger charge is -2.19. The average Bonchev–Trinajstić information content (AvgIpc) is 2.64. The molecule has 0 aromatic carbocycles. The summed E-state index contributed by atoms with van der Waals surface area (Å²) in [6, 6.07) is 0. The third-order valence-electron chi connectivity index (χ3n) is 2.15. The van der Waals surface area contributed by atoms with E-state index in [0.717, 1.165) is 0 Å². The van der Waals surface area contributed by atoms with E-state index in [-0.39, 0.29) is 5.03 Å². The Balaban J connectivity index is 3.01. The number of imidazole rings is 1. The summed E-state index contributed by atoms with van der Waals surface area (Å²) in [6.45, 7) is 4.36. The minimum absolute atomic E-state index is 0.135. The number of carbonyl (C=O) groups is 1. The summed E-state index contributed by atoms with van der Waals surface area (Å²) in [5, 5.41) is 8.71. The highest BCUT2D eigenvalue weighted by Crippen LogP contribution is 2.11. The minimum atomic E-state index is -3.90. The number of aryl methyl sites for hydroxylation is 1. The first-order valence-corrected chi connectivity index (χ1v) is 6.48. The van der Waals surface area contributed by atoms with Crippen molar-refractivity contribution in [2.75, 3.05) is 0 Å². The highest BCUT2D eigenvalue weighted by Gasteiger charge is 2.33. The summed E-state index contributed by atoms with van der Waals surface area (Å²) in [5.74, 6) is -0.727. The number of nitrogens with zero attached hydrogens (tertiary/aromatic N) is 1. The van der Waals surface area contributed by atoms with Crippen LogP contribution in [-0.2, 0) is 21.2 Å². The van der Waals surface area contributed by atoms with Gasteiger partial charge in [0.05, 0.1) is 6.20 Å². The van der Waals surface area contributed by atoms with Crippen molar-refractivity contribution in [2.45, 2.75) is 37.8 Å². The third-order valence-corrected chi connectivity index (χ3v) is 3.72. The van der Waals surface area contributed by atoms with Crippen LogP contribution in [0.4, 0.5) is 0 Å². The van der Waals surface area contributed by atoms with Crippen molar-refractivity contribution < 1.29 is 18.3 Å². The van der Waals surface area contributed by atoms with Crippen molar-refractivity contribution in [1.82, 2.24) is 14.7 Å². The van der Waals surface area contributed by atoms with E-state index in [9.17, 15) is 13.2 Å². The lowest BCUT2D eigenvalue weighted by atomic mass is 10.1. The largest absolute Gasteiger partial charge is 0.480 e. The highest BCUT2D eigenvalue weighted by molar-refractivity contribution is 7.89. The summed E-state index contributed by atoms with van der Waals surface area (Å²) < 4.78 is 25.8. The number of aliphatic carboxylic acids is 1. The number of rotatable bonds is 5. The van der Waals surface area contributed by atoms with Crippen molar-refractivity contribution in [1.29, 1.82) is 0 Å². The van der Waals surface area contributed by atoms with Gasteiger partial charge in [0.25, 0.3) is 10.0 Å². The van der Waals surface area contributed by atoms with Gasteiger partial charge in [-0.2, -0.15) is 4.72 Å². The van der Waals surface area contributed by atoms with Gasteiger partial charge >= 0.3 is 5.97 Å². The van der Waals surface area contributed by atoms with E-state index < -0.39 is 21.5 Å². The summed E-state index contributed by atoms with van der Waals surface area (Å²) in [6.07, 6.45) is 1.73. The van der Waals surface area contributed by atoms with Crippen LogP contribution in [0.3, 0.4) is 0 Å². The molecule has 1 heterocycles. The number of H-pyrrole nitrogens is 1. The van der Waals surface area contributed by atoms with Crippen molar-refractivity contribution in [2.24, 2.45) is 0 Å². The molecule has 96 valence electrons. The molecule has 0 amide bonds. The molecular formula is C9H15N3O4S. The van der Waals surface area contributed by atoms with Crippen molar-refractivity contribution in [3.63, 3.8) is 0 Å². The molecule has 0 aliphatic heterocycles. The Kier molecular flexibility index (Phi) is 3.58. The molecule has 1 aromatic rings. The second kappa shape index (κ2) is 4.46. The SMILES string of the molecule is CCc1ncc(S(=O)(=O)NC(C)(C)C(=O)O)[nH]1. The van der Waals surface area contributed by atoms with Crippen LogP contribution < -0.4 is 4.72 Å². The predicted molar refractivity (Wildman–Crippen MR) is 60.0 cm³/mol. The Bertz CT molecular complexity index is 518. The molecule has 0 bridgehead atoms. The molecule has 0 saturated carbocycles.